The van der Waals surface area contributed by atoms with Crippen molar-refractivity contribution in [3.8, 4) is 0 Å². The molecule has 2 aromatic rings. The Labute approximate surface area is 110 Å². The second-order valence-corrected chi connectivity index (χ2v) is 4.65. The van der Waals surface area contributed by atoms with E-state index < -0.39 is 0 Å². The van der Waals surface area contributed by atoms with Gasteiger partial charge in [0.25, 0.3) is 0 Å². The van der Waals surface area contributed by atoms with Crippen molar-refractivity contribution < 1.29 is 0 Å². The number of aryl methyl sites for hydroxylation is 1. The van der Waals surface area contributed by atoms with Gasteiger partial charge < -0.3 is 5.32 Å². The van der Waals surface area contributed by atoms with E-state index in [1.54, 1.807) is 6.20 Å². The summed E-state index contributed by atoms with van der Waals surface area (Å²) in [5.74, 6) is 0.589. The summed E-state index contributed by atoms with van der Waals surface area (Å²) in [6.45, 7) is 0.607. The van der Waals surface area contributed by atoms with E-state index in [2.05, 4.69) is 20.3 Å². The van der Waals surface area contributed by atoms with Crippen molar-refractivity contribution in [1.82, 2.24) is 15.0 Å². The van der Waals surface area contributed by atoms with Crippen molar-refractivity contribution in [2.45, 2.75) is 25.8 Å². The Hall–Kier alpha value is -1.68. The lowest BCUT2D eigenvalue weighted by Crippen LogP contribution is -2.07. The van der Waals surface area contributed by atoms with Gasteiger partial charge in [-0.05, 0) is 31.4 Å². The summed E-state index contributed by atoms with van der Waals surface area (Å²) in [4.78, 5) is 13.0. The fourth-order valence-electron chi connectivity index (χ4n) is 2.14. The van der Waals surface area contributed by atoms with Crippen LogP contribution < -0.4 is 5.32 Å². The number of rotatable bonds is 3. The molecule has 92 valence electrons. The average Bonchev–Trinajstić information content (AvgIpc) is 2.86. The topological polar surface area (TPSA) is 50.7 Å². The van der Waals surface area contributed by atoms with Gasteiger partial charge in [0.2, 0.25) is 5.95 Å². The Bertz CT molecular complexity index is 556. The van der Waals surface area contributed by atoms with Gasteiger partial charge in [-0.1, -0.05) is 17.7 Å². The predicted octanol–water partition coefficient (Wildman–Crippen LogP) is 2.63. The highest BCUT2D eigenvalue weighted by Crippen LogP contribution is 2.27. The maximum absolute atomic E-state index is 6.15. The number of hydrogen-bond acceptors (Lipinski definition) is 4. The average molecular weight is 261 g/mol. The zero-order valence-electron chi connectivity index (χ0n) is 9.86. The summed E-state index contributed by atoms with van der Waals surface area (Å²) in [5.41, 5.74) is 3.15. The van der Waals surface area contributed by atoms with Crippen molar-refractivity contribution >= 4 is 17.5 Å². The first kappa shape index (κ1) is 11.4. The van der Waals surface area contributed by atoms with E-state index in [1.807, 2.05) is 18.2 Å². The van der Waals surface area contributed by atoms with Gasteiger partial charge in [0.1, 0.15) is 5.15 Å². The van der Waals surface area contributed by atoms with Crippen molar-refractivity contribution in [3.05, 3.63) is 46.5 Å². The monoisotopic (exact) mass is 260 g/mol. The molecule has 0 aliphatic heterocycles. The van der Waals surface area contributed by atoms with Gasteiger partial charge in [-0.2, -0.15) is 0 Å². The Balaban J connectivity index is 1.76. The van der Waals surface area contributed by atoms with Crippen LogP contribution in [-0.4, -0.2) is 15.0 Å². The second-order valence-electron chi connectivity index (χ2n) is 4.29. The lowest BCUT2D eigenvalue weighted by molar-refractivity contribution is 0.898. The number of pyridine rings is 1. The smallest absolute Gasteiger partial charge is 0.224 e. The number of aromatic nitrogens is 3. The lowest BCUT2D eigenvalue weighted by atomic mass is 10.3. The molecule has 3 rings (SSSR count). The number of halogens is 1. The Kier molecular flexibility index (Phi) is 3.11. The number of fused-ring (bicyclic) bond motifs is 1. The maximum atomic E-state index is 6.15. The van der Waals surface area contributed by atoms with Crippen LogP contribution in [0.4, 0.5) is 5.95 Å². The van der Waals surface area contributed by atoms with Gasteiger partial charge in [0.05, 0.1) is 17.9 Å². The molecule has 18 heavy (non-hydrogen) atoms. The molecule has 4 nitrogen and oxygen atoms in total. The second kappa shape index (κ2) is 4.90. The quantitative estimate of drug-likeness (QED) is 0.862. The SMILES string of the molecule is Clc1nc(NCc2ccccn2)nc2c1CCC2. The summed E-state index contributed by atoms with van der Waals surface area (Å²) in [6, 6.07) is 5.81. The van der Waals surface area contributed by atoms with Crippen LogP contribution in [0, 0.1) is 0 Å². The predicted molar refractivity (Wildman–Crippen MR) is 70.6 cm³/mol. The number of anilines is 1. The molecule has 0 radical (unpaired) electrons. The van der Waals surface area contributed by atoms with Gasteiger partial charge in [-0.15, -0.1) is 0 Å². The first-order chi connectivity index (χ1) is 8.83. The highest BCUT2D eigenvalue weighted by molar-refractivity contribution is 6.30. The van der Waals surface area contributed by atoms with Crippen molar-refractivity contribution in [3.63, 3.8) is 0 Å². The molecule has 0 amide bonds. The van der Waals surface area contributed by atoms with Crippen molar-refractivity contribution in [1.29, 1.82) is 0 Å². The summed E-state index contributed by atoms with van der Waals surface area (Å²) < 4.78 is 0. The third kappa shape index (κ3) is 2.29. The summed E-state index contributed by atoms with van der Waals surface area (Å²) in [6.07, 6.45) is 4.88. The molecule has 1 N–H and O–H groups in total. The van der Waals surface area contributed by atoms with Gasteiger partial charge in [-0.25, -0.2) is 9.97 Å². The summed E-state index contributed by atoms with van der Waals surface area (Å²) >= 11 is 6.15. The Morgan fingerprint density at radius 1 is 1.22 bits per heavy atom. The molecular formula is C13H13ClN4. The molecule has 0 aromatic carbocycles. The molecule has 0 unspecified atom stereocenters. The van der Waals surface area contributed by atoms with E-state index >= 15 is 0 Å². The molecule has 1 aliphatic carbocycles. The lowest BCUT2D eigenvalue weighted by Gasteiger charge is -2.07. The van der Waals surface area contributed by atoms with Gasteiger partial charge in [0.15, 0.2) is 0 Å². The van der Waals surface area contributed by atoms with Crippen LogP contribution in [0.1, 0.15) is 23.4 Å². The zero-order chi connectivity index (χ0) is 12.4. The van der Waals surface area contributed by atoms with Crippen LogP contribution in [0.3, 0.4) is 0 Å². The van der Waals surface area contributed by atoms with E-state index in [-0.39, 0.29) is 0 Å². The standard InChI is InChI=1S/C13H13ClN4/c14-12-10-5-3-6-11(10)17-13(18-12)16-8-9-4-1-2-7-15-9/h1-2,4,7H,3,5-6,8H2,(H,16,17,18). The molecule has 2 aromatic heterocycles. The van der Waals surface area contributed by atoms with Gasteiger partial charge in [-0.3, -0.25) is 4.98 Å². The Morgan fingerprint density at radius 2 is 2.17 bits per heavy atom. The largest absolute Gasteiger partial charge is 0.349 e. The minimum absolute atomic E-state index is 0.584. The fourth-order valence-corrected chi connectivity index (χ4v) is 2.42. The van der Waals surface area contributed by atoms with Crippen LogP contribution in [-0.2, 0) is 19.4 Å². The zero-order valence-corrected chi connectivity index (χ0v) is 10.6. The van der Waals surface area contributed by atoms with Crippen LogP contribution in [0.2, 0.25) is 5.15 Å². The van der Waals surface area contributed by atoms with Crippen LogP contribution in [0.25, 0.3) is 0 Å². The van der Waals surface area contributed by atoms with E-state index in [4.69, 9.17) is 11.6 Å². The van der Waals surface area contributed by atoms with E-state index in [0.29, 0.717) is 17.6 Å². The molecule has 0 fully saturated rings. The first-order valence-corrected chi connectivity index (χ1v) is 6.40. The third-order valence-corrected chi connectivity index (χ3v) is 3.35. The molecular weight excluding hydrogens is 248 g/mol. The highest BCUT2D eigenvalue weighted by Gasteiger charge is 2.17. The summed E-state index contributed by atoms with van der Waals surface area (Å²) in [5, 5.41) is 3.75. The Morgan fingerprint density at radius 3 is 3.00 bits per heavy atom. The third-order valence-electron chi connectivity index (χ3n) is 3.04. The first-order valence-electron chi connectivity index (χ1n) is 6.02. The number of hydrogen-bond donors (Lipinski definition) is 1. The minimum atomic E-state index is 0.584. The van der Waals surface area contributed by atoms with Crippen molar-refractivity contribution in [2.24, 2.45) is 0 Å². The molecule has 0 spiro atoms. The van der Waals surface area contributed by atoms with Crippen LogP contribution in [0.5, 0.6) is 0 Å². The number of nitrogens with zero attached hydrogens (tertiary/aromatic N) is 3. The molecule has 2 heterocycles. The molecule has 1 aliphatic rings. The molecule has 0 bridgehead atoms. The molecule has 5 heteroatoms. The highest BCUT2D eigenvalue weighted by atomic mass is 35.5. The maximum Gasteiger partial charge on any atom is 0.224 e. The molecule has 0 atom stereocenters. The van der Waals surface area contributed by atoms with Crippen LogP contribution in [0.15, 0.2) is 24.4 Å². The van der Waals surface area contributed by atoms with E-state index in [9.17, 15) is 0 Å². The van der Waals surface area contributed by atoms with Crippen LogP contribution >= 0.6 is 11.6 Å². The normalized spacial score (nSPS) is 13.4. The van der Waals surface area contributed by atoms with Gasteiger partial charge >= 0.3 is 0 Å². The number of nitrogens with one attached hydrogen (secondary N) is 1. The van der Waals surface area contributed by atoms with Crippen molar-refractivity contribution in [2.75, 3.05) is 5.32 Å². The summed E-state index contributed by atoms with van der Waals surface area (Å²) in [7, 11) is 0. The van der Waals surface area contributed by atoms with E-state index in [0.717, 1.165) is 36.2 Å². The van der Waals surface area contributed by atoms with E-state index in [1.165, 1.54) is 0 Å². The molecule has 0 saturated heterocycles. The van der Waals surface area contributed by atoms with Gasteiger partial charge in [0, 0.05) is 11.8 Å². The molecule has 0 saturated carbocycles. The minimum Gasteiger partial charge on any atom is -0.349 e. The fraction of sp³-hybridized carbons (Fsp3) is 0.308.